The van der Waals surface area contributed by atoms with Crippen molar-refractivity contribution in [3.8, 4) is 0 Å². The minimum atomic E-state index is -1.11. The van der Waals surface area contributed by atoms with Gasteiger partial charge in [0.05, 0.1) is 0 Å². The molecule has 1 rings (SSSR count). The highest BCUT2D eigenvalue weighted by Crippen LogP contribution is 2.20. The van der Waals surface area contributed by atoms with Crippen molar-refractivity contribution in [1.29, 1.82) is 0 Å². The summed E-state index contributed by atoms with van der Waals surface area (Å²) in [4.78, 5) is 23.0. The Hall–Kier alpha value is -0.660. The lowest BCUT2D eigenvalue weighted by Crippen LogP contribution is -2.40. The van der Waals surface area contributed by atoms with Crippen LogP contribution in [-0.4, -0.2) is 23.0 Å². The van der Waals surface area contributed by atoms with Crippen LogP contribution in [0.4, 0.5) is 0 Å². The highest BCUT2D eigenvalue weighted by molar-refractivity contribution is 9.11. The molecule has 0 bridgehead atoms. The molecule has 0 saturated heterocycles. The number of nitrogens with one attached hydrogen (secondary N) is 1. The summed E-state index contributed by atoms with van der Waals surface area (Å²) in [6, 6.07) is 3.99. The predicted octanol–water partition coefficient (Wildman–Crippen LogP) is 3.69. The van der Waals surface area contributed by atoms with Crippen molar-refractivity contribution in [2.24, 2.45) is 0 Å². The Morgan fingerprint density at radius 1 is 1.26 bits per heavy atom. The largest absolute Gasteiger partial charge is 0.480 e. The van der Waals surface area contributed by atoms with Crippen molar-refractivity contribution in [3.05, 3.63) is 43.8 Å². The molecule has 0 saturated carbocycles. The lowest BCUT2D eigenvalue weighted by molar-refractivity contribution is -0.139. The first-order chi connectivity index (χ1) is 8.79. The lowest BCUT2D eigenvalue weighted by atomic mass is 10.1. The fraction of sp³-hybridized carbons (Fsp3) is 0.167. The van der Waals surface area contributed by atoms with E-state index >= 15 is 0 Å². The molecule has 102 valence electrons. The molecule has 0 heterocycles. The van der Waals surface area contributed by atoms with Crippen LogP contribution in [0.25, 0.3) is 0 Å². The molecular formula is C12H10Br3NO3. The van der Waals surface area contributed by atoms with Crippen molar-refractivity contribution in [1.82, 2.24) is 5.32 Å². The number of benzene rings is 1. The molecule has 4 nitrogen and oxygen atoms in total. The van der Waals surface area contributed by atoms with E-state index in [0.29, 0.717) is 10.0 Å². The SMILES string of the molecule is C=C(Br)C[C@@H](NC(=O)c1cc(Br)cc(Br)c1)C(=O)O. The quantitative estimate of drug-likeness (QED) is 0.711. The van der Waals surface area contributed by atoms with Gasteiger partial charge in [0.15, 0.2) is 0 Å². The highest BCUT2D eigenvalue weighted by Gasteiger charge is 2.21. The molecule has 2 N–H and O–H groups in total. The van der Waals surface area contributed by atoms with E-state index in [9.17, 15) is 9.59 Å². The van der Waals surface area contributed by atoms with Crippen LogP contribution in [-0.2, 0) is 4.79 Å². The van der Waals surface area contributed by atoms with Crippen LogP contribution in [0.15, 0.2) is 38.2 Å². The molecule has 7 heteroatoms. The zero-order chi connectivity index (χ0) is 14.6. The average molecular weight is 456 g/mol. The fourth-order valence-corrected chi connectivity index (χ4v) is 2.97. The van der Waals surface area contributed by atoms with E-state index in [1.807, 2.05) is 0 Å². The number of hydrogen-bond acceptors (Lipinski definition) is 2. The Morgan fingerprint density at radius 3 is 2.21 bits per heavy atom. The zero-order valence-electron chi connectivity index (χ0n) is 9.62. The number of aliphatic carboxylic acids is 1. The van der Waals surface area contributed by atoms with E-state index in [-0.39, 0.29) is 6.42 Å². The van der Waals surface area contributed by atoms with Gasteiger partial charge < -0.3 is 10.4 Å². The number of carbonyl (C=O) groups excluding carboxylic acids is 1. The van der Waals surface area contributed by atoms with E-state index in [0.717, 1.165) is 8.95 Å². The van der Waals surface area contributed by atoms with E-state index < -0.39 is 17.9 Å². The third-order valence-electron chi connectivity index (χ3n) is 2.15. The van der Waals surface area contributed by atoms with Gasteiger partial charge in [-0.3, -0.25) is 4.79 Å². The maximum Gasteiger partial charge on any atom is 0.326 e. The second-order valence-electron chi connectivity index (χ2n) is 3.74. The van der Waals surface area contributed by atoms with Crippen LogP contribution in [0.3, 0.4) is 0 Å². The van der Waals surface area contributed by atoms with Gasteiger partial charge >= 0.3 is 5.97 Å². The molecule has 1 amide bonds. The Kier molecular flexibility index (Phi) is 6.22. The summed E-state index contributed by atoms with van der Waals surface area (Å²) in [7, 11) is 0. The summed E-state index contributed by atoms with van der Waals surface area (Å²) >= 11 is 9.63. The van der Waals surface area contributed by atoms with Gasteiger partial charge in [-0.1, -0.05) is 54.4 Å². The van der Waals surface area contributed by atoms with E-state index in [1.165, 1.54) is 0 Å². The number of halogens is 3. The first kappa shape index (κ1) is 16.4. The molecule has 19 heavy (non-hydrogen) atoms. The highest BCUT2D eigenvalue weighted by atomic mass is 79.9. The first-order valence-electron chi connectivity index (χ1n) is 5.12. The molecular weight excluding hydrogens is 446 g/mol. The lowest BCUT2D eigenvalue weighted by Gasteiger charge is -2.14. The smallest absolute Gasteiger partial charge is 0.326 e. The van der Waals surface area contributed by atoms with Crippen molar-refractivity contribution in [2.75, 3.05) is 0 Å². The van der Waals surface area contributed by atoms with Crippen molar-refractivity contribution in [3.63, 3.8) is 0 Å². The average Bonchev–Trinajstić information content (AvgIpc) is 2.25. The van der Waals surface area contributed by atoms with Crippen LogP contribution in [0.2, 0.25) is 0 Å². The monoisotopic (exact) mass is 453 g/mol. The molecule has 0 radical (unpaired) electrons. The number of hydrogen-bond donors (Lipinski definition) is 2. The third kappa shape index (κ3) is 5.46. The number of amides is 1. The fourth-order valence-electron chi connectivity index (χ4n) is 1.35. The molecule has 0 aromatic heterocycles. The van der Waals surface area contributed by atoms with Crippen LogP contribution in [0.1, 0.15) is 16.8 Å². The van der Waals surface area contributed by atoms with Gasteiger partial charge in [0.25, 0.3) is 5.91 Å². The first-order valence-corrected chi connectivity index (χ1v) is 7.50. The third-order valence-corrected chi connectivity index (χ3v) is 3.39. The van der Waals surface area contributed by atoms with Gasteiger partial charge in [0.1, 0.15) is 6.04 Å². The summed E-state index contributed by atoms with van der Waals surface area (Å²) < 4.78 is 1.96. The van der Waals surface area contributed by atoms with E-state index in [2.05, 4.69) is 59.7 Å². The summed E-state index contributed by atoms with van der Waals surface area (Å²) in [6.45, 7) is 3.57. The normalized spacial score (nSPS) is 11.7. The van der Waals surface area contributed by atoms with E-state index in [1.54, 1.807) is 18.2 Å². The number of carboxylic acids is 1. The van der Waals surface area contributed by atoms with Crippen molar-refractivity contribution in [2.45, 2.75) is 12.5 Å². The molecule has 1 aromatic rings. The predicted molar refractivity (Wildman–Crippen MR) is 83.4 cm³/mol. The van der Waals surface area contributed by atoms with E-state index in [4.69, 9.17) is 5.11 Å². The maximum atomic E-state index is 12.0. The van der Waals surface area contributed by atoms with Crippen LogP contribution < -0.4 is 5.32 Å². The number of carboxylic acid groups (broad SMARTS) is 1. The molecule has 0 aliphatic heterocycles. The Morgan fingerprint density at radius 2 is 1.79 bits per heavy atom. The summed E-state index contributed by atoms with van der Waals surface area (Å²) in [5.74, 6) is -1.56. The zero-order valence-corrected chi connectivity index (χ0v) is 14.4. The standard InChI is InChI=1S/C12H10Br3NO3/c1-6(13)2-10(12(18)19)16-11(17)7-3-8(14)5-9(15)4-7/h3-5,10H,1-2H2,(H,16,17)(H,18,19)/t10-/m1/s1. The molecule has 0 aliphatic rings. The summed E-state index contributed by atoms with van der Waals surface area (Å²) in [5.41, 5.74) is 0.368. The van der Waals surface area contributed by atoms with Gasteiger partial charge in [-0.2, -0.15) is 0 Å². The Labute approximate surface area is 135 Å². The van der Waals surface area contributed by atoms with Gasteiger partial charge in [-0.25, -0.2) is 4.79 Å². The molecule has 1 aromatic carbocycles. The molecule has 0 fully saturated rings. The minimum absolute atomic E-state index is 0.121. The molecule has 1 atom stereocenters. The molecule has 0 unspecified atom stereocenters. The molecule has 0 aliphatic carbocycles. The van der Waals surface area contributed by atoms with Crippen LogP contribution in [0.5, 0.6) is 0 Å². The maximum absolute atomic E-state index is 12.0. The second kappa shape index (κ2) is 7.21. The minimum Gasteiger partial charge on any atom is -0.480 e. The van der Waals surface area contributed by atoms with Crippen molar-refractivity contribution < 1.29 is 14.7 Å². The number of rotatable bonds is 5. The Balaban J connectivity index is 2.87. The Bertz CT molecular complexity index is 511. The van der Waals surface area contributed by atoms with Gasteiger partial charge in [0.2, 0.25) is 0 Å². The number of carbonyl (C=O) groups is 2. The van der Waals surface area contributed by atoms with Gasteiger partial charge in [-0.05, 0) is 22.7 Å². The van der Waals surface area contributed by atoms with Crippen molar-refractivity contribution >= 4 is 59.7 Å². The molecule has 0 spiro atoms. The van der Waals surface area contributed by atoms with Crippen LogP contribution in [0, 0.1) is 0 Å². The van der Waals surface area contributed by atoms with Gasteiger partial charge in [-0.15, -0.1) is 0 Å². The topological polar surface area (TPSA) is 66.4 Å². The van der Waals surface area contributed by atoms with Crippen LogP contribution >= 0.6 is 47.8 Å². The second-order valence-corrected chi connectivity index (χ2v) is 6.70. The summed E-state index contributed by atoms with van der Waals surface area (Å²) in [5, 5.41) is 11.5. The van der Waals surface area contributed by atoms with Gasteiger partial charge in [0, 0.05) is 20.9 Å². The summed E-state index contributed by atoms with van der Waals surface area (Å²) in [6.07, 6.45) is 0.121.